The Morgan fingerprint density at radius 2 is 2.04 bits per heavy atom. The third-order valence-electron chi connectivity index (χ3n) is 5.65. The highest BCUT2D eigenvalue weighted by Crippen LogP contribution is 2.38. The van der Waals surface area contributed by atoms with Crippen LogP contribution in [0, 0.1) is 6.92 Å². The molecule has 2 aromatic heterocycles. The molecular formula is C23H21N3S. The zero-order valence-electron chi connectivity index (χ0n) is 15.5. The minimum atomic E-state index is 0.403. The standard InChI is InChI=1S/C23H21N3S/c1-15-18(22-12-24-8-9-25-22)5-6-19-20(15)13-26(2)14-21(19)17-4-3-16-7-10-27-23(16)11-17/h3-12,21H,13-14H2,1-2H3. The van der Waals surface area contributed by atoms with E-state index in [1.54, 1.807) is 12.4 Å². The number of benzene rings is 2. The van der Waals surface area contributed by atoms with E-state index in [-0.39, 0.29) is 0 Å². The molecule has 134 valence electrons. The minimum absolute atomic E-state index is 0.403. The summed E-state index contributed by atoms with van der Waals surface area (Å²) in [5, 5.41) is 3.51. The van der Waals surface area contributed by atoms with Gasteiger partial charge in [-0.25, -0.2) is 0 Å². The van der Waals surface area contributed by atoms with Gasteiger partial charge in [-0.15, -0.1) is 11.3 Å². The molecule has 0 bridgehead atoms. The van der Waals surface area contributed by atoms with Gasteiger partial charge in [0.2, 0.25) is 0 Å². The van der Waals surface area contributed by atoms with Crippen LogP contribution in [-0.4, -0.2) is 28.5 Å². The van der Waals surface area contributed by atoms with Crippen molar-refractivity contribution in [2.45, 2.75) is 19.4 Å². The van der Waals surface area contributed by atoms with Crippen molar-refractivity contribution in [1.29, 1.82) is 0 Å². The van der Waals surface area contributed by atoms with Crippen molar-refractivity contribution in [1.82, 2.24) is 14.9 Å². The van der Waals surface area contributed by atoms with E-state index in [0.717, 1.165) is 18.8 Å². The zero-order chi connectivity index (χ0) is 18.4. The third kappa shape index (κ3) is 2.85. The number of rotatable bonds is 2. The second-order valence-corrected chi connectivity index (χ2v) is 8.31. The smallest absolute Gasteiger partial charge is 0.0887 e. The van der Waals surface area contributed by atoms with Crippen molar-refractivity contribution in [2.75, 3.05) is 13.6 Å². The lowest BCUT2D eigenvalue weighted by molar-refractivity contribution is 0.294. The van der Waals surface area contributed by atoms with Crippen LogP contribution in [0.3, 0.4) is 0 Å². The van der Waals surface area contributed by atoms with Crippen LogP contribution in [0.15, 0.2) is 60.4 Å². The average molecular weight is 372 g/mol. The Balaban J connectivity index is 1.64. The number of hydrogen-bond donors (Lipinski definition) is 0. The summed E-state index contributed by atoms with van der Waals surface area (Å²) >= 11 is 1.82. The first-order chi connectivity index (χ1) is 13.2. The Labute approximate surface area is 163 Å². The molecule has 0 fully saturated rings. The topological polar surface area (TPSA) is 29.0 Å². The van der Waals surface area contributed by atoms with Crippen molar-refractivity contribution in [3.63, 3.8) is 0 Å². The molecule has 0 amide bonds. The predicted molar refractivity (Wildman–Crippen MR) is 112 cm³/mol. The van der Waals surface area contributed by atoms with Crippen LogP contribution in [-0.2, 0) is 6.54 Å². The Bertz CT molecular complexity index is 1120. The number of fused-ring (bicyclic) bond motifs is 2. The maximum Gasteiger partial charge on any atom is 0.0887 e. The Morgan fingerprint density at radius 3 is 2.89 bits per heavy atom. The van der Waals surface area contributed by atoms with E-state index >= 15 is 0 Å². The quantitative estimate of drug-likeness (QED) is 0.482. The third-order valence-corrected chi connectivity index (χ3v) is 6.53. The molecule has 1 atom stereocenters. The largest absolute Gasteiger partial charge is 0.301 e. The number of thiophene rings is 1. The van der Waals surface area contributed by atoms with Gasteiger partial charge in [-0.05, 0) is 59.1 Å². The molecule has 4 heteroatoms. The van der Waals surface area contributed by atoms with Gasteiger partial charge < -0.3 is 4.90 Å². The highest BCUT2D eigenvalue weighted by molar-refractivity contribution is 7.17. The molecule has 0 spiro atoms. The predicted octanol–water partition coefficient (Wildman–Crippen LogP) is 5.24. The Morgan fingerprint density at radius 1 is 1.11 bits per heavy atom. The second-order valence-electron chi connectivity index (χ2n) is 7.36. The summed E-state index contributed by atoms with van der Waals surface area (Å²) in [6.45, 7) is 4.25. The highest BCUT2D eigenvalue weighted by Gasteiger charge is 2.27. The maximum absolute atomic E-state index is 4.51. The molecule has 3 nitrogen and oxygen atoms in total. The lowest BCUT2D eigenvalue weighted by Gasteiger charge is -2.34. The lowest BCUT2D eigenvalue weighted by Crippen LogP contribution is -2.31. The van der Waals surface area contributed by atoms with Gasteiger partial charge in [0.1, 0.15) is 0 Å². The highest BCUT2D eigenvalue weighted by atomic mass is 32.1. The summed E-state index contributed by atoms with van der Waals surface area (Å²) in [6, 6.07) is 13.7. The van der Waals surface area contributed by atoms with Crippen LogP contribution in [0.5, 0.6) is 0 Å². The molecule has 2 aromatic carbocycles. The summed E-state index contributed by atoms with van der Waals surface area (Å²) < 4.78 is 1.37. The van der Waals surface area contributed by atoms with Crippen LogP contribution < -0.4 is 0 Å². The van der Waals surface area contributed by atoms with Gasteiger partial charge in [0.15, 0.2) is 0 Å². The first-order valence-electron chi connectivity index (χ1n) is 9.25. The number of aromatic nitrogens is 2. The molecule has 4 aromatic rings. The lowest BCUT2D eigenvalue weighted by atomic mass is 9.81. The average Bonchev–Trinajstić information content (AvgIpc) is 3.17. The first-order valence-corrected chi connectivity index (χ1v) is 10.1. The van der Waals surface area contributed by atoms with Gasteiger partial charge in [0.05, 0.1) is 11.9 Å². The second kappa shape index (κ2) is 6.55. The summed E-state index contributed by atoms with van der Waals surface area (Å²) in [5.74, 6) is 0.403. The van der Waals surface area contributed by atoms with Crippen LogP contribution in [0.2, 0.25) is 0 Å². The molecule has 0 saturated heterocycles. The molecule has 5 rings (SSSR count). The number of hydrogen-bond acceptors (Lipinski definition) is 4. The van der Waals surface area contributed by atoms with Crippen LogP contribution in [0.1, 0.15) is 28.2 Å². The van der Waals surface area contributed by atoms with E-state index in [9.17, 15) is 0 Å². The van der Waals surface area contributed by atoms with Gasteiger partial charge in [-0.1, -0.05) is 24.3 Å². The molecule has 3 heterocycles. The number of nitrogens with zero attached hydrogens (tertiary/aromatic N) is 3. The Hall–Kier alpha value is -2.56. The van der Waals surface area contributed by atoms with E-state index in [2.05, 4.69) is 70.6 Å². The Kier molecular flexibility index (Phi) is 4.03. The summed E-state index contributed by atoms with van der Waals surface area (Å²) in [6.07, 6.45) is 5.34. The van der Waals surface area contributed by atoms with Crippen molar-refractivity contribution >= 4 is 21.4 Å². The normalized spacial score (nSPS) is 17.2. The van der Waals surface area contributed by atoms with Gasteiger partial charge in [0, 0.05) is 41.7 Å². The number of likely N-dealkylation sites (N-methyl/N-ethyl adjacent to an activating group) is 1. The fourth-order valence-electron chi connectivity index (χ4n) is 4.25. The monoisotopic (exact) mass is 371 g/mol. The molecule has 0 radical (unpaired) electrons. The van der Waals surface area contributed by atoms with Gasteiger partial charge in [-0.2, -0.15) is 0 Å². The van der Waals surface area contributed by atoms with Crippen LogP contribution in [0.25, 0.3) is 21.3 Å². The van der Waals surface area contributed by atoms with E-state index in [1.807, 2.05) is 17.5 Å². The summed E-state index contributed by atoms with van der Waals surface area (Å²) in [7, 11) is 2.22. The molecular weight excluding hydrogens is 350 g/mol. The van der Waals surface area contributed by atoms with Crippen molar-refractivity contribution in [3.05, 3.63) is 82.6 Å². The van der Waals surface area contributed by atoms with Gasteiger partial charge in [0.25, 0.3) is 0 Å². The summed E-state index contributed by atoms with van der Waals surface area (Å²) in [5.41, 5.74) is 7.75. The SMILES string of the molecule is Cc1c(-c2cnccn2)ccc2c1CN(C)CC2c1ccc2ccsc2c1. The van der Waals surface area contributed by atoms with Crippen molar-refractivity contribution in [3.8, 4) is 11.3 Å². The fourth-order valence-corrected chi connectivity index (χ4v) is 5.08. The van der Waals surface area contributed by atoms with E-state index < -0.39 is 0 Å². The first kappa shape index (κ1) is 16.6. The summed E-state index contributed by atoms with van der Waals surface area (Å²) in [4.78, 5) is 11.2. The molecule has 1 aliphatic rings. The molecule has 1 aliphatic heterocycles. The van der Waals surface area contributed by atoms with Gasteiger partial charge in [-0.3, -0.25) is 9.97 Å². The van der Waals surface area contributed by atoms with E-state index in [1.165, 1.54) is 37.9 Å². The molecule has 0 saturated carbocycles. The van der Waals surface area contributed by atoms with Crippen molar-refractivity contribution < 1.29 is 0 Å². The molecule has 27 heavy (non-hydrogen) atoms. The van der Waals surface area contributed by atoms with E-state index in [4.69, 9.17) is 0 Å². The maximum atomic E-state index is 4.51. The van der Waals surface area contributed by atoms with Crippen LogP contribution in [0.4, 0.5) is 0 Å². The van der Waals surface area contributed by atoms with Crippen molar-refractivity contribution in [2.24, 2.45) is 0 Å². The fraction of sp³-hybridized carbons (Fsp3) is 0.217. The van der Waals surface area contributed by atoms with Crippen LogP contribution >= 0.6 is 11.3 Å². The zero-order valence-corrected chi connectivity index (χ0v) is 16.3. The van der Waals surface area contributed by atoms with E-state index in [0.29, 0.717) is 5.92 Å². The molecule has 1 unspecified atom stereocenters. The minimum Gasteiger partial charge on any atom is -0.301 e. The molecule has 0 N–H and O–H groups in total. The van der Waals surface area contributed by atoms with Gasteiger partial charge >= 0.3 is 0 Å². The molecule has 0 aliphatic carbocycles.